The Labute approximate surface area is 174 Å². The van der Waals surface area contributed by atoms with Gasteiger partial charge in [0.05, 0.1) is 12.6 Å². The van der Waals surface area contributed by atoms with E-state index in [0.717, 1.165) is 13.1 Å². The molecule has 1 saturated heterocycles. The zero-order valence-electron chi connectivity index (χ0n) is 16.8. The fraction of sp³-hybridized carbons (Fsp3) is 0.824. The Morgan fingerprint density at radius 1 is 1.26 bits per heavy atom. The number of ether oxygens (including phenoxy) is 1. The van der Waals surface area contributed by atoms with E-state index in [1.165, 1.54) is 0 Å². The molecule has 0 radical (unpaired) electrons. The van der Waals surface area contributed by atoms with E-state index >= 15 is 0 Å². The van der Waals surface area contributed by atoms with Gasteiger partial charge in [-0.05, 0) is 19.3 Å². The number of piperazine rings is 1. The van der Waals surface area contributed by atoms with Crippen molar-refractivity contribution in [3.05, 3.63) is 11.7 Å². The summed E-state index contributed by atoms with van der Waals surface area (Å²) in [5.41, 5.74) is 5.86. The normalized spacial score (nSPS) is 17.6. The smallest absolute Gasteiger partial charge is 0.240 e. The van der Waals surface area contributed by atoms with Crippen molar-refractivity contribution in [3.8, 4) is 0 Å². The van der Waals surface area contributed by atoms with Gasteiger partial charge in [0, 0.05) is 32.8 Å². The van der Waals surface area contributed by atoms with Gasteiger partial charge in [-0.25, -0.2) is 0 Å². The molecule has 2 heterocycles. The molecule has 8 nitrogen and oxygen atoms in total. The van der Waals surface area contributed by atoms with Crippen molar-refractivity contribution in [3.63, 3.8) is 0 Å². The number of nitrogens with zero attached hydrogens (tertiary/aromatic N) is 4. The van der Waals surface area contributed by atoms with Gasteiger partial charge in [0.2, 0.25) is 11.8 Å². The average molecular weight is 426 g/mol. The van der Waals surface area contributed by atoms with Crippen LogP contribution in [0.2, 0.25) is 0 Å². The second-order valence-corrected chi connectivity index (χ2v) is 7.59. The fourth-order valence-electron chi connectivity index (χ4n) is 2.71. The predicted molar refractivity (Wildman–Crippen MR) is 108 cm³/mol. The summed E-state index contributed by atoms with van der Waals surface area (Å²) in [5, 5.41) is 3.97. The second kappa shape index (κ2) is 11.2. The summed E-state index contributed by atoms with van der Waals surface area (Å²) in [6.07, 6.45) is -0.171. The molecular formula is C17H33Cl2N5O3. The molecule has 1 aliphatic heterocycles. The van der Waals surface area contributed by atoms with Crippen molar-refractivity contribution in [2.45, 2.75) is 53.3 Å². The molecule has 0 aromatic carbocycles. The van der Waals surface area contributed by atoms with Crippen molar-refractivity contribution in [2.24, 2.45) is 11.1 Å². The third-order valence-electron chi connectivity index (χ3n) is 4.51. The number of carbonyl (C=O) groups is 1. The molecule has 1 amide bonds. The van der Waals surface area contributed by atoms with Gasteiger partial charge < -0.3 is 19.9 Å². The topological polar surface area (TPSA) is 97.7 Å². The van der Waals surface area contributed by atoms with Crippen molar-refractivity contribution < 1.29 is 14.1 Å². The maximum atomic E-state index is 12.5. The van der Waals surface area contributed by atoms with E-state index in [9.17, 15) is 4.79 Å². The van der Waals surface area contributed by atoms with Gasteiger partial charge >= 0.3 is 0 Å². The van der Waals surface area contributed by atoms with Crippen LogP contribution in [0.15, 0.2) is 4.52 Å². The van der Waals surface area contributed by atoms with E-state index in [1.807, 2.05) is 39.5 Å². The molecule has 0 bridgehead atoms. The first-order chi connectivity index (χ1) is 11.7. The second-order valence-electron chi connectivity index (χ2n) is 7.59. The molecule has 27 heavy (non-hydrogen) atoms. The predicted octanol–water partition coefficient (Wildman–Crippen LogP) is 2.03. The molecule has 0 saturated carbocycles. The van der Waals surface area contributed by atoms with Crippen LogP contribution in [0.25, 0.3) is 0 Å². The number of halogens is 2. The van der Waals surface area contributed by atoms with Crippen LogP contribution in [0, 0.1) is 5.41 Å². The van der Waals surface area contributed by atoms with E-state index in [4.69, 9.17) is 15.0 Å². The highest BCUT2D eigenvalue weighted by atomic mass is 35.5. The Hall–Kier alpha value is -0.930. The Balaban J connectivity index is 0.00000338. The number of nitrogens with two attached hydrogens (primary N) is 1. The molecule has 0 spiro atoms. The molecule has 1 unspecified atom stereocenters. The molecule has 10 heteroatoms. The third-order valence-corrected chi connectivity index (χ3v) is 4.51. The Morgan fingerprint density at radius 2 is 1.85 bits per heavy atom. The maximum Gasteiger partial charge on any atom is 0.240 e. The first kappa shape index (κ1) is 26.1. The van der Waals surface area contributed by atoms with Crippen molar-refractivity contribution in [2.75, 3.05) is 32.8 Å². The van der Waals surface area contributed by atoms with Crippen molar-refractivity contribution >= 4 is 30.7 Å². The molecule has 1 fully saturated rings. The van der Waals surface area contributed by atoms with Gasteiger partial charge in [0.15, 0.2) is 5.82 Å². The molecule has 2 N–H and O–H groups in total. The lowest BCUT2D eigenvalue weighted by molar-refractivity contribution is -0.136. The highest BCUT2D eigenvalue weighted by molar-refractivity contribution is 5.85. The monoisotopic (exact) mass is 425 g/mol. The zero-order chi connectivity index (χ0) is 18.6. The number of hydrogen-bond acceptors (Lipinski definition) is 7. The van der Waals surface area contributed by atoms with Gasteiger partial charge in [-0.1, -0.05) is 25.9 Å². The first-order valence-corrected chi connectivity index (χ1v) is 8.93. The lowest BCUT2D eigenvalue weighted by atomic mass is 9.86. The van der Waals surface area contributed by atoms with Gasteiger partial charge in [-0.15, -0.1) is 24.8 Å². The minimum Gasteiger partial charge on any atom is -0.371 e. The highest BCUT2D eigenvalue weighted by Crippen LogP contribution is 2.20. The molecule has 2 atom stereocenters. The van der Waals surface area contributed by atoms with E-state index in [1.54, 1.807) is 0 Å². The van der Waals surface area contributed by atoms with E-state index in [2.05, 4.69) is 15.0 Å². The molecule has 1 aromatic rings. The lowest BCUT2D eigenvalue weighted by Gasteiger charge is -2.37. The van der Waals surface area contributed by atoms with Gasteiger partial charge in [0.25, 0.3) is 0 Å². The van der Waals surface area contributed by atoms with E-state index < -0.39 is 6.04 Å². The molecule has 158 valence electrons. The van der Waals surface area contributed by atoms with E-state index in [0.29, 0.717) is 38.0 Å². The summed E-state index contributed by atoms with van der Waals surface area (Å²) in [4.78, 5) is 20.9. The quantitative estimate of drug-likeness (QED) is 0.743. The number of amides is 1. The average Bonchev–Trinajstić information content (AvgIpc) is 3.02. The van der Waals surface area contributed by atoms with Crippen LogP contribution in [-0.2, 0) is 16.1 Å². The summed E-state index contributed by atoms with van der Waals surface area (Å²) in [7, 11) is 0. The minimum absolute atomic E-state index is 0. The largest absolute Gasteiger partial charge is 0.371 e. The van der Waals surface area contributed by atoms with Crippen LogP contribution >= 0.6 is 24.8 Å². The summed E-state index contributed by atoms with van der Waals surface area (Å²) < 4.78 is 10.8. The van der Waals surface area contributed by atoms with Gasteiger partial charge in [-0.3, -0.25) is 9.69 Å². The summed E-state index contributed by atoms with van der Waals surface area (Å²) in [5.74, 6) is 1.17. The standard InChI is InChI=1S/C17H31N5O3.2ClH/c1-6-24-12(2)15-19-13(25-20-15)11-21-7-9-22(10-8-21)16(23)14(18)17(3,4)5;;/h12,14H,6-11,18H2,1-5H3;2*1H/t12?,14-;;/m1../s1. The Bertz CT molecular complexity index is 571. The fourth-order valence-corrected chi connectivity index (χ4v) is 2.71. The number of aromatic nitrogens is 2. The van der Waals surface area contributed by atoms with Crippen LogP contribution in [0.4, 0.5) is 0 Å². The lowest BCUT2D eigenvalue weighted by Crippen LogP contribution is -2.56. The van der Waals surface area contributed by atoms with Gasteiger partial charge in [0.1, 0.15) is 6.10 Å². The van der Waals surface area contributed by atoms with Crippen LogP contribution < -0.4 is 5.73 Å². The number of rotatable bonds is 6. The Kier molecular flexibility index (Phi) is 10.8. The Morgan fingerprint density at radius 3 is 2.37 bits per heavy atom. The molecule has 1 aromatic heterocycles. The summed E-state index contributed by atoms with van der Waals surface area (Å²) >= 11 is 0. The zero-order valence-corrected chi connectivity index (χ0v) is 18.4. The van der Waals surface area contributed by atoms with Crippen LogP contribution in [0.5, 0.6) is 0 Å². The SMILES string of the molecule is CCOC(C)c1noc(CN2CCN(C(=O)[C@@H](N)C(C)(C)C)CC2)n1.Cl.Cl. The molecule has 1 aliphatic rings. The van der Waals surface area contributed by atoms with E-state index in [-0.39, 0.29) is 42.2 Å². The van der Waals surface area contributed by atoms with Crippen LogP contribution in [-0.4, -0.2) is 64.7 Å². The summed E-state index contributed by atoms with van der Waals surface area (Å²) in [6.45, 7) is 13.9. The first-order valence-electron chi connectivity index (χ1n) is 8.93. The maximum absolute atomic E-state index is 12.5. The third kappa shape index (κ3) is 7.19. The van der Waals surface area contributed by atoms with Crippen LogP contribution in [0.3, 0.4) is 0 Å². The van der Waals surface area contributed by atoms with Gasteiger partial charge in [-0.2, -0.15) is 4.98 Å². The van der Waals surface area contributed by atoms with Crippen molar-refractivity contribution in [1.82, 2.24) is 19.9 Å². The molecular weight excluding hydrogens is 393 g/mol. The van der Waals surface area contributed by atoms with Crippen molar-refractivity contribution in [1.29, 1.82) is 0 Å². The molecule has 2 rings (SSSR count). The molecule has 0 aliphatic carbocycles. The minimum atomic E-state index is -0.474. The highest BCUT2D eigenvalue weighted by Gasteiger charge is 2.32. The summed E-state index contributed by atoms with van der Waals surface area (Å²) in [6, 6.07) is -0.474. The number of carbonyl (C=O) groups excluding carboxylic acids is 1. The number of hydrogen-bond donors (Lipinski definition) is 1. The van der Waals surface area contributed by atoms with Crippen LogP contribution in [0.1, 0.15) is 52.4 Å².